The minimum absolute atomic E-state index is 0. The summed E-state index contributed by atoms with van der Waals surface area (Å²) in [6.07, 6.45) is 1.67. The molecule has 6 amide bonds. The predicted octanol–water partition coefficient (Wildman–Crippen LogP) is -1.94. The Morgan fingerprint density at radius 1 is 0.245 bits per heavy atom. The fourth-order valence-electron chi connectivity index (χ4n) is 18.0. The minimum Gasteiger partial charge on any atom is -0.503 e. The van der Waals surface area contributed by atoms with Crippen LogP contribution in [-0.2, 0) is 104 Å². The van der Waals surface area contributed by atoms with Crippen LogP contribution in [0.3, 0.4) is 0 Å². The number of aromatic hydroxyl groups is 1. The van der Waals surface area contributed by atoms with Crippen molar-refractivity contribution in [3.8, 4) is 5.75 Å². The van der Waals surface area contributed by atoms with E-state index in [1.54, 1.807) is 85.1 Å². The second-order valence-corrected chi connectivity index (χ2v) is 36.1. The van der Waals surface area contributed by atoms with Crippen molar-refractivity contribution < 1.29 is 187 Å². The van der Waals surface area contributed by atoms with Gasteiger partial charge in [-0.25, -0.2) is 39.1 Å². The van der Waals surface area contributed by atoms with Crippen molar-refractivity contribution in [2.75, 3.05) is 380 Å². The Morgan fingerprint density at radius 2 is 0.408 bits per heavy atom. The SMILES string of the molecule is CCn1ccc(CN2CCN(CCOO)CCN(CCOO)CCN(CC(=O)O)CC2)c(O)c1=O.O=C(O)CN1CCN(CCOO)CCN(CCOO)CCN(CCN2C(=O)c3ccccc3C2=O)CC1.O=C(O)CN1CCN(CCOO)CCN(CCOO)CCN(CCN2C(=O)c3ccccc3C2=O)CC1.O=C(O)CN1CCN(CCOO)CCN(CCOO)CCN(CCN2C(=O)c3ccccc3C2=O)CC1.[90Y]. The van der Waals surface area contributed by atoms with E-state index in [0.717, 1.165) is 0 Å². The third-order valence-corrected chi connectivity index (χ3v) is 26.7. The topological polar surface area (TPSA) is 591 Å². The molecule has 13 N–H and O–H groups in total. The number of carboxylic acid groups (broad SMARTS) is 4. The van der Waals surface area contributed by atoms with E-state index >= 15 is 0 Å². The number of carbonyl (C=O) groups excluding carboxylic acids is 6. The molecule has 0 unspecified atom stereocenters. The van der Waals surface area contributed by atoms with Gasteiger partial charge >= 0.3 is 23.9 Å². The average molecular weight is 2160 g/mol. The Kier molecular flexibility index (Phi) is 60.3. The van der Waals surface area contributed by atoms with Crippen LogP contribution >= 0.6 is 0 Å². The second kappa shape index (κ2) is 70.6. The Bertz CT molecular complexity index is 4220. The third-order valence-electron chi connectivity index (χ3n) is 26.7. The standard InChI is InChI=1S/3C24H37N5O8.C22H39N5O8.Y/c3*30-22(31)19-28-11-9-25(13-14-29-23(32)20-3-1-2-4-21(20)24(29)33)5-6-26(15-17-36-34)7-8-27(10-12-28)16-18-37-35;1-2-27-4-3-19(21(30)22(27)31)17-25-9-7-23(13-15-34-32)5-6-24(14-16-35-33)8-10-26(12-11-25)18-20(28)29;/h3*1-4,34-35H,5-19H2,(H,30,31);3-4,30,32-33H,2,5-18H2,1H3,(H,28,29);/i;;;;1+1. The summed E-state index contributed by atoms with van der Waals surface area (Å²) in [4.78, 5) is 206. The summed E-state index contributed by atoms with van der Waals surface area (Å²) in [5.74, 6) is -5.69. The second-order valence-electron chi connectivity index (χ2n) is 36.1. The van der Waals surface area contributed by atoms with E-state index in [-0.39, 0.29) is 173 Å². The van der Waals surface area contributed by atoms with Gasteiger partial charge < -0.3 is 30.1 Å². The van der Waals surface area contributed by atoms with Gasteiger partial charge in [0.15, 0.2) is 5.75 Å². The number of imide groups is 3. The molecule has 4 aromatic rings. The number of aryl methyl sites for hydroxylation is 1. The molecule has 0 aliphatic carbocycles. The quantitative estimate of drug-likeness (QED) is 0.0130. The molecule has 0 atom stereocenters. The maximum atomic E-state index is 12.8. The molecule has 821 valence electrons. The first-order valence-corrected chi connectivity index (χ1v) is 49.5. The number of nitrogens with zero attached hydrogens (tertiary/aromatic N) is 20. The van der Waals surface area contributed by atoms with Gasteiger partial charge in [-0.05, 0) is 49.4 Å². The zero-order valence-corrected chi connectivity index (χ0v) is 86.9. The van der Waals surface area contributed by atoms with Crippen LogP contribution in [-0.4, -0.2) is 605 Å². The molecular formula is C94H150N20O32Y. The first-order valence-electron chi connectivity index (χ1n) is 49.5. The van der Waals surface area contributed by atoms with Gasteiger partial charge in [-0.1, -0.05) is 36.4 Å². The van der Waals surface area contributed by atoms with Gasteiger partial charge in [-0.3, -0.25) is 188 Å². The maximum Gasteiger partial charge on any atom is 0.317 e. The molecule has 4 saturated heterocycles. The zero-order chi connectivity index (χ0) is 105. The van der Waals surface area contributed by atoms with Gasteiger partial charge in [-0.2, -0.15) is 0 Å². The number of hydrogen-bond acceptors (Lipinski definition) is 44. The average Bonchev–Trinajstić information content (AvgIpc) is 1.65. The van der Waals surface area contributed by atoms with Crippen molar-refractivity contribution in [2.45, 2.75) is 20.0 Å². The van der Waals surface area contributed by atoms with Crippen molar-refractivity contribution in [1.82, 2.24) is 97.7 Å². The van der Waals surface area contributed by atoms with Gasteiger partial charge in [0, 0.05) is 359 Å². The summed E-state index contributed by atoms with van der Waals surface area (Å²) < 4.78 is 1.44. The van der Waals surface area contributed by atoms with Crippen LogP contribution in [0.4, 0.5) is 0 Å². The monoisotopic (exact) mass is 2160 g/mol. The predicted molar refractivity (Wildman–Crippen MR) is 525 cm³/mol. The number of benzene rings is 3. The van der Waals surface area contributed by atoms with Crippen molar-refractivity contribution in [3.63, 3.8) is 0 Å². The van der Waals surface area contributed by atoms with Crippen molar-refractivity contribution in [2.24, 2.45) is 0 Å². The molecule has 147 heavy (non-hydrogen) atoms. The molecule has 53 heteroatoms. The summed E-state index contributed by atoms with van der Waals surface area (Å²) in [5.41, 5.74) is 2.60. The van der Waals surface area contributed by atoms with Gasteiger partial charge in [0.25, 0.3) is 41.0 Å². The molecule has 1 radical (unpaired) electrons. The fraction of sp³-hybridized carbons (Fsp3) is 0.649. The molecule has 7 aliphatic rings. The number of amides is 6. The van der Waals surface area contributed by atoms with Crippen molar-refractivity contribution in [3.05, 3.63) is 134 Å². The maximum absolute atomic E-state index is 12.8. The zero-order valence-electron chi connectivity index (χ0n) is 84.1. The Morgan fingerprint density at radius 3 is 0.571 bits per heavy atom. The normalized spacial score (nSPS) is 19.1. The molecule has 11 rings (SSSR count). The minimum atomic E-state index is -0.912. The molecule has 0 spiro atoms. The number of aromatic nitrogens is 1. The summed E-state index contributed by atoms with van der Waals surface area (Å²) in [6, 6.07) is 22.1. The first kappa shape index (κ1) is 125. The van der Waals surface area contributed by atoms with Crippen LogP contribution in [0.15, 0.2) is 89.9 Å². The molecule has 0 saturated carbocycles. The first-order chi connectivity index (χ1) is 70.6. The summed E-state index contributed by atoms with van der Waals surface area (Å²) in [5, 5.41) is 118. The van der Waals surface area contributed by atoms with Crippen LogP contribution in [0.25, 0.3) is 0 Å². The van der Waals surface area contributed by atoms with E-state index < -0.39 is 29.4 Å². The molecular weight excluding hydrogens is 2010 g/mol. The number of carbonyl (C=O) groups is 10. The Balaban J connectivity index is 0.000000265. The fourth-order valence-corrected chi connectivity index (χ4v) is 18.0. The van der Waals surface area contributed by atoms with Crippen LogP contribution < -0.4 is 5.56 Å². The molecule has 4 fully saturated rings. The number of pyridine rings is 1. The van der Waals surface area contributed by atoms with Crippen molar-refractivity contribution >= 4 is 59.3 Å². The van der Waals surface area contributed by atoms with E-state index in [9.17, 15) is 78.3 Å². The van der Waals surface area contributed by atoms with Crippen LogP contribution in [0.2, 0.25) is 0 Å². The number of fused-ring (bicyclic) bond motifs is 3. The molecule has 0 bridgehead atoms. The smallest absolute Gasteiger partial charge is 0.317 e. The van der Waals surface area contributed by atoms with E-state index in [0.29, 0.717) is 333 Å². The largest absolute Gasteiger partial charge is 0.503 e. The third kappa shape index (κ3) is 44.4. The van der Waals surface area contributed by atoms with Crippen LogP contribution in [0.5, 0.6) is 5.75 Å². The molecule has 1 aromatic heterocycles. The molecule has 8 heterocycles. The molecule has 7 aliphatic heterocycles. The number of carboxylic acids is 4. The van der Waals surface area contributed by atoms with Gasteiger partial charge in [-0.15, -0.1) is 0 Å². The van der Waals surface area contributed by atoms with Crippen LogP contribution in [0, 0.1) is 0 Å². The summed E-state index contributed by atoms with van der Waals surface area (Å²) in [7, 11) is 0. The van der Waals surface area contributed by atoms with E-state index in [1.807, 2.05) is 26.5 Å². The van der Waals surface area contributed by atoms with Crippen molar-refractivity contribution in [1.29, 1.82) is 0 Å². The Labute approximate surface area is 879 Å². The summed E-state index contributed by atoms with van der Waals surface area (Å²) >= 11 is 0. The van der Waals surface area contributed by atoms with Crippen LogP contribution in [0.1, 0.15) is 74.6 Å². The Hall–Kier alpha value is -8.47. The van der Waals surface area contributed by atoms with E-state index in [1.165, 1.54) is 19.3 Å². The van der Waals surface area contributed by atoms with Gasteiger partial charge in [0.1, 0.15) is 0 Å². The molecule has 3 aromatic carbocycles. The number of aliphatic carboxylic acids is 4. The number of rotatable bonds is 44. The summed E-state index contributed by atoms with van der Waals surface area (Å²) in [6.45, 7) is 28.5. The van der Waals surface area contributed by atoms with Gasteiger partial charge in [0.2, 0.25) is 0 Å². The molecule has 52 nitrogen and oxygen atoms in total. The number of hydrogen-bond donors (Lipinski definition) is 13. The van der Waals surface area contributed by atoms with E-state index in [4.69, 9.17) is 42.1 Å². The van der Waals surface area contributed by atoms with E-state index in [2.05, 4.69) is 97.9 Å². The van der Waals surface area contributed by atoms with Gasteiger partial charge in [0.05, 0.1) is 112 Å².